The first kappa shape index (κ1) is 32.6. The van der Waals surface area contributed by atoms with Crippen molar-refractivity contribution >= 4 is 34.1 Å². The quantitative estimate of drug-likeness (QED) is 0.225. The lowest BCUT2D eigenvalue weighted by atomic mass is 9.81. The number of hydrogen-bond donors (Lipinski definition) is 2. The molecular weight excluding hydrogens is 628 g/mol. The number of fused-ring (bicyclic) bond motifs is 6. The molecule has 2 amide bonds. The van der Waals surface area contributed by atoms with E-state index in [1.165, 1.54) is 35.9 Å². The molecule has 0 radical (unpaired) electrons. The van der Waals surface area contributed by atoms with Crippen LogP contribution in [0.15, 0.2) is 59.6 Å². The maximum Gasteiger partial charge on any atom is 0.253 e. The number of piperidine rings is 1. The van der Waals surface area contributed by atoms with Crippen molar-refractivity contribution in [2.75, 3.05) is 26.8 Å². The number of carbonyl (C=O) groups is 2. The van der Waals surface area contributed by atoms with Crippen molar-refractivity contribution in [3.63, 3.8) is 0 Å². The molecule has 0 bridgehead atoms. The Morgan fingerprint density at radius 1 is 0.940 bits per heavy atom. The normalized spacial score (nSPS) is 18.1. The van der Waals surface area contributed by atoms with E-state index >= 15 is 0 Å². The van der Waals surface area contributed by atoms with E-state index in [0.29, 0.717) is 62.5 Å². The van der Waals surface area contributed by atoms with Gasteiger partial charge in [0.15, 0.2) is 0 Å². The van der Waals surface area contributed by atoms with Crippen LogP contribution in [0.5, 0.6) is 11.5 Å². The Kier molecular flexibility index (Phi) is 8.42. The van der Waals surface area contributed by atoms with Crippen LogP contribution >= 0.6 is 0 Å². The third-order valence-electron chi connectivity index (χ3n) is 11.2. The van der Waals surface area contributed by atoms with Crippen LogP contribution in [0.3, 0.4) is 0 Å². The highest BCUT2D eigenvalue weighted by atomic mass is 16.5. The molecule has 50 heavy (non-hydrogen) atoms. The van der Waals surface area contributed by atoms with E-state index in [2.05, 4.69) is 22.0 Å². The fraction of sp³-hybridized carbons (Fsp3) is 0.439. The lowest BCUT2D eigenvalue weighted by Crippen LogP contribution is -2.49. The van der Waals surface area contributed by atoms with Crippen LogP contribution in [0.1, 0.15) is 96.6 Å². The zero-order chi connectivity index (χ0) is 34.6. The number of aliphatic hydroxyl groups excluding tert-OH is 1. The predicted octanol–water partition coefficient (Wildman–Crippen LogP) is 7.19. The Labute approximate surface area is 293 Å². The minimum absolute atomic E-state index is 0.0315. The third-order valence-corrected chi connectivity index (χ3v) is 11.2. The molecular formula is C41H46N4O5. The molecule has 1 saturated carbocycles. The molecule has 1 aromatic heterocycles. The first-order chi connectivity index (χ1) is 24.2. The highest BCUT2D eigenvalue weighted by Crippen LogP contribution is 2.48. The Morgan fingerprint density at radius 3 is 2.50 bits per heavy atom. The van der Waals surface area contributed by atoms with E-state index in [1.54, 1.807) is 12.0 Å². The molecule has 4 aliphatic rings. The molecule has 0 atom stereocenters. The van der Waals surface area contributed by atoms with Crippen LogP contribution in [0.2, 0.25) is 0 Å². The van der Waals surface area contributed by atoms with E-state index < -0.39 is 5.54 Å². The Morgan fingerprint density at radius 2 is 1.72 bits per heavy atom. The van der Waals surface area contributed by atoms with Gasteiger partial charge >= 0.3 is 0 Å². The number of amides is 2. The van der Waals surface area contributed by atoms with Gasteiger partial charge in [-0.1, -0.05) is 31.4 Å². The standard InChI is InChI=1S/C41H46N4O5/c1-41(2,36-23-26-9-10-28(21-33(26)42-36)40(48)44-17-15-29(46)16-18-44)43-39(47)27-11-13-31-34(22-27)45-19-20-50-35-24-30(49-3)12-14-32(35)38(45)37(31)25-7-5-4-6-8-25/h9-14,21-22,24-25,29,46H,4-8,15-20,23H2,1-3H3,(H,43,47). The van der Waals surface area contributed by atoms with Crippen molar-refractivity contribution < 1.29 is 24.2 Å². The van der Waals surface area contributed by atoms with Crippen molar-refractivity contribution in [2.24, 2.45) is 4.99 Å². The summed E-state index contributed by atoms with van der Waals surface area (Å²) in [5.41, 5.74) is 7.88. The van der Waals surface area contributed by atoms with Crippen LogP contribution in [-0.2, 0) is 13.0 Å². The molecule has 3 aliphatic heterocycles. The van der Waals surface area contributed by atoms with E-state index in [1.807, 2.05) is 56.3 Å². The maximum absolute atomic E-state index is 14.0. The highest BCUT2D eigenvalue weighted by Gasteiger charge is 2.34. The Bertz CT molecular complexity index is 2010. The summed E-state index contributed by atoms with van der Waals surface area (Å²) in [6.45, 7) is 6.31. The number of nitrogens with zero attached hydrogens (tertiary/aromatic N) is 3. The molecule has 1 aliphatic carbocycles. The number of aliphatic imine (C=N–C) groups is 1. The smallest absolute Gasteiger partial charge is 0.253 e. The second-order valence-corrected chi connectivity index (χ2v) is 14.9. The predicted molar refractivity (Wildman–Crippen MR) is 195 cm³/mol. The number of hydrogen-bond acceptors (Lipinski definition) is 6. The highest BCUT2D eigenvalue weighted by molar-refractivity contribution is 6.07. The van der Waals surface area contributed by atoms with Gasteiger partial charge < -0.3 is 29.4 Å². The summed E-state index contributed by atoms with van der Waals surface area (Å²) < 4.78 is 14.2. The van der Waals surface area contributed by atoms with E-state index in [-0.39, 0.29) is 17.9 Å². The molecule has 0 spiro atoms. The van der Waals surface area contributed by atoms with Crippen LogP contribution in [0.25, 0.3) is 22.2 Å². The van der Waals surface area contributed by atoms with Gasteiger partial charge in [-0.3, -0.25) is 14.6 Å². The zero-order valence-corrected chi connectivity index (χ0v) is 29.3. The number of rotatable bonds is 6. The lowest BCUT2D eigenvalue weighted by molar-refractivity contribution is 0.0546. The zero-order valence-electron chi connectivity index (χ0n) is 29.3. The average Bonchev–Trinajstić information content (AvgIpc) is 3.65. The molecule has 3 aromatic carbocycles. The topological polar surface area (TPSA) is 105 Å². The molecule has 2 N–H and O–H groups in total. The van der Waals surface area contributed by atoms with E-state index in [9.17, 15) is 14.7 Å². The molecule has 9 nitrogen and oxygen atoms in total. The number of likely N-dealkylation sites (tertiary alicyclic amines) is 1. The molecule has 2 fully saturated rings. The summed E-state index contributed by atoms with van der Waals surface area (Å²) in [5.74, 6) is 1.89. The van der Waals surface area contributed by atoms with Gasteiger partial charge in [0, 0.05) is 58.9 Å². The summed E-state index contributed by atoms with van der Waals surface area (Å²) in [5, 5.41) is 14.4. The first-order valence-electron chi connectivity index (χ1n) is 18.2. The lowest BCUT2D eigenvalue weighted by Gasteiger charge is -2.29. The number of benzene rings is 3. The maximum atomic E-state index is 14.0. The van der Waals surface area contributed by atoms with Gasteiger partial charge in [-0.2, -0.15) is 0 Å². The number of nitrogens with one attached hydrogen (secondary N) is 1. The van der Waals surface area contributed by atoms with Crippen molar-refractivity contribution in [2.45, 2.75) is 89.3 Å². The number of carbonyl (C=O) groups excluding carboxylic acids is 2. The third kappa shape index (κ3) is 5.85. The van der Waals surface area contributed by atoms with Crippen LogP contribution in [0, 0.1) is 0 Å². The molecule has 1 saturated heterocycles. The SMILES string of the molecule is COc1ccc2c(c1)OCCn1c-2c(C2CCCCC2)c2ccc(C(=O)NC(C)(C)C3=Nc4cc(C(=O)N5CCC(O)CC5)ccc4C3)cc21. The van der Waals surface area contributed by atoms with Crippen LogP contribution in [-0.4, -0.2) is 70.5 Å². The minimum atomic E-state index is -0.715. The number of ether oxygens (including phenoxy) is 2. The summed E-state index contributed by atoms with van der Waals surface area (Å²) in [4.78, 5) is 33.9. The summed E-state index contributed by atoms with van der Waals surface area (Å²) in [6.07, 6.45) is 7.54. The number of aliphatic hydroxyl groups is 1. The number of aromatic nitrogens is 1. The second-order valence-electron chi connectivity index (χ2n) is 14.9. The average molecular weight is 675 g/mol. The molecule has 260 valence electrons. The second kappa shape index (κ2) is 12.9. The summed E-state index contributed by atoms with van der Waals surface area (Å²) in [7, 11) is 1.68. The van der Waals surface area contributed by atoms with Gasteiger partial charge in [0.1, 0.15) is 18.1 Å². The van der Waals surface area contributed by atoms with Crippen molar-refractivity contribution in [1.29, 1.82) is 0 Å². The van der Waals surface area contributed by atoms with Gasteiger partial charge in [-0.05, 0) is 93.0 Å². The van der Waals surface area contributed by atoms with Gasteiger partial charge in [0.25, 0.3) is 11.8 Å². The monoisotopic (exact) mass is 674 g/mol. The number of methoxy groups -OCH3 is 1. The fourth-order valence-electron chi connectivity index (χ4n) is 8.39. The molecule has 8 rings (SSSR count). The Balaban J connectivity index is 1.08. The van der Waals surface area contributed by atoms with Gasteiger partial charge in [-0.15, -0.1) is 0 Å². The molecule has 4 aromatic rings. The van der Waals surface area contributed by atoms with Crippen molar-refractivity contribution in [3.8, 4) is 22.8 Å². The molecule has 0 unspecified atom stereocenters. The van der Waals surface area contributed by atoms with E-state index in [4.69, 9.17) is 14.5 Å². The molecule has 4 heterocycles. The van der Waals surface area contributed by atoms with Gasteiger partial charge in [-0.25, -0.2) is 0 Å². The van der Waals surface area contributed by atoms with Crippen molar-refractivity contribution in [1.82, 2.24) is 14.8 Å². The fourth-order valence-corrected chi connectivity index (χ4v) is 8.39. The summed E-state index contributed by atoms with van der Waals surface area (Å²) in [6, 6.07) is 18.0. The summed E-state index contributed by atoms with van der Waals surface area (Å²) >= 11 is 0. The largest absolute Gasteiger partial charge is 0.497 e. The Hall–Kier alpha value is -4.63. The minimum Gasteiger partial charge on any atom is -0.497 e. The van der Waals surface area contributed by atoms with Gasteiger partial charge in [0.05, 0.1) is 36.7 Å². The van der Waals surface area contributed by atoms with Crippen LogP contribution < -0.4 is 14.8 Å². The van der Waals surface area contributed by atoms with E-state index in [0.717, 1.165) is 52.4 Å². The first-order valence-corrected chi connectivity index (χ1v) is 18.2. The van der Waals surface area contributed by atoms with Crippen molar-refractivity contribution in [3.05, 3.63) is 76.9 Å². The van der Waals surface area contributed by atoms with Crippen LogP contribution in [0.4, 0.5) is 5.69 Å². The molecule has 9 heteroatoms. The van der Waals surface area contributed by atoms with Gasteiger partial charge in [0.2, 0.25) is 0 Å².